The topological polar surface area (TPSA) is 69.3 Å². The number of carbonyl (C=O) groups is 2. The molecular formula is C21H22N4O2. The molecule has 3 aromatic rings. The van der Waals surface area contributed by atoms with Gasteiger partial charge in [0.05, 0.1) is 6.42 Å². The zero-order valence-corrected chi connectivity index (χ0v) is 15.5. The Kier molecular flexibility index (Phi) is 4.39. The van der Waals surface area contributed by atoms with Crippen LogP contribution in [0.15, 0.2) is 42.5 Å². The molecule has 138 valence electrons. The highest BCUT2D eigenvalue weighted by Gasteiger charge is 2.32. The largest absolute Gasteiger partial charge is 0.358 e. The molecule has 0 atom stereocenters. The van der Waals surface area contributed by atoms with Crippen LogP contribution >= 0.6 is 0 Å². The lowest BCUT2D eigenvalue weighted by molar-refractivity contribution is -0.139. The molecule has 4 rings (SSSR count). The number of para-hydroxylation sites is 1. The molecule has 0 bridgehead atoms. The number of carbonyl (C=O) groups excluding carboxylic acids is 2. The summed E-state index contributed by atoms with van der Waals surface area (Å²) in [7, 11) is 0. The first-order valence-corrected chi connectivity index (χ1v) is 9.16. The molecule has 0 radical (unpaired) electrons. The molecule has 1 fully saturated rings. The molecule has 2 aromatic heterocycles. The zero-order chi connectivity index (χ0) is 19.0. The Balaban J connectivity index is 1.57. The van der Waals surface area contributed by atoms with Gasteiger partial charge < -0.3 is 4.98 Å². The zero-order valence-electron chi connectivity index (χ0n) is 15.5. The second-order valence-electron chi connectivity index (χ2n) is 6.91. The van der Waals surface area contributed by atoms with Gasteiger partial charge in [-0.05, 0) is 44.0 Å². The SMILES string of the molecule is Cc1cccc(C(=O)N2CCCN2C(=O)Cc2c(C)[nH]c3ccccc23)n1. The molecule has 1 aliphatic heterocycles. The first-order valence-electron chi connectivity index (χ1n) is 9.16. The maximum absolute atomic E-state index is 13.0. The third kappa shape index (κ3) is 3.18. The van der Waals surface area contributed by atoms with Gasteiger partial charge in [0.1, 0.15) is 5.69 Å². The van der Waals surface area contributed by atoms with E-state index in [-0.39, 0.29) is 18.2 Å². The predicted octanol–water partition coefficient (Wildman–Crippen LogP) is 3.01. The monoisotopic (exact) mass is 362 g/mol. The van der Waals surface area contributed by atoms with Gasteiger partial charge in [0.25, 0.3) is 5.91 Å². The Labute approximate surface area is 157 Å². The van der Waals surface area contributed by atoms with Crippen LogP contribution in [0.25, 0.3) is 10.9 Å². The molecule has 3 heterocycles. The minimum absolute atomic E-state index is 0.0682. The summed E-state index contributed by atoms with van der Waals surface area (Å²) in [6.07, 6.45) is 1.04. The maximum Gasteiger partial charge on any atom is 0.291 e. The fourth-order valence-electron chi connectivity index (χ4n) is 3.68. The molecule has 27 heavy (non-hydrogen) atoms. The number of hydrogen-bond donors (Lipinski definition) is 1. The molecule has 1 aromatic carbocycles. The minimum atomic E-state index is -0.222. The second kappa shape index (κ2) is 6.87. The summed E-state index contributed by atoms with van der Waals surface area (Å²) < 4.78 is 0. The number of benzene rings is 1. The van der Waals surface area contributed by atoms with Crippen LogP contribution in [0.5, 0.6) is 0 Å². The molecule has 1 N–H and O–H groups in total. The molecule has 1 aliphatic rings. The van der Waals surface area contributed by atoms with Crippen LogP contribution in [-0.4, -0.2) is 44.9 Å². The van der Waals surface area contributed by atoms with E-state index in [0.29, 0.717) is 18.8 Å². The van der Waals surface area contributed by atoms with Crippen molar-refractivity contribution in [2.45, 2.75) is 26.7 Å². The summed E-state index contributed by atoms with van der Waals surface area (Å²) in [5.41, 5.74) is 4.16. The van der Waals surface area contributed by atoms with Crippen LogP contribution in [-0.2, 0) is 11.2 Å². The molecule has 0 spiro atoms. The number of rotatable bonds is 3. The van der Waals surface area contributed by atoms with E-state index in [1.165, 1.54) is 5.01 Å². The Morgan fingerprint density at radius 2 is 1.81 bits per heavy atom. The highest BCUT2D eigenvalue weighted by atomic mass is 16.2. The van der Waals surface area contributed by atoms with Crippen molar-refractivity contribution in [3.05, 3.63) is 65.1 Å². The Morgan fingerprint density at radius 3 is 2.63 bits per heavy atom. The second-order valence-corrected chi connectivity index (χ2v) is 6.91. The van der Waals surface area contributed by atoms with Gasteiger partial charge in [-0.2, -0.15) is 0 Å². The summed E-state index contributed by atoms with van der Waals surface area (Å²) in [6.45, 7) is 4.92. The van der Waals surface area contributed by atoms with E-state index < -0.39 is 0 Å². The Bertz CT molecular complexity index is 1020. The number of H-pyrrole nitrogens is 1. The van der Waals surface area contributed by atoms with Crippen molar-refractivity contribution in [1.82, 2.24) is 20.0 Å². The molecular weight excluding hydrogens is 340 g/mol. The van der Waals surface area contributed by atoms with E-state index >= 15 is 0 Å². The fourth-order valence-corrected chi connectivity index (χ4v) is 3.68. The molecule has 0 aliphatic carbocycles. The average Bonchev–Trinajstić information content (AvgIpc) is 3.26. The van der Waals surface area contributed by atoms with Gasteiger partial charge in [-0.25, -0.2) is 9.99 Å². The van der Waals surface area contributed by atoms with Gasteiger partial charge in [0, 0.05) is 35.4 Å². The highest BCUT2D eigenvalue weighted by molar-refractivity contribution is 5.95. The maximum atomic E-state index is 13.0. The van der Waals surface area contributed by atoms with Crippen LogP contribution in [0, 0.1) is 13.8 Å². The van der Waals surface area contributed by atoms with Crippen molar-refractivity contribution >= 4 is 22.7 Å². The standard InChI is InChI=1S/C21H22N4O2/c1-14-7-5-10-19(22-14)21(27)25-12-6-11-24(25)20(26)13-17-15(2)23-18-9-4-3-8-16(17)18/h3-5,7-10,23H,6,11-13H2,1-2H3. The smallest absolute Gasteiger partial charge is 0.291 e. The van der Waals surface area contributed by atoms with Crippen LogP contribution in [0.2, 0.25) is 0 Å². The van der Waals surface area contributed by atoms with E-state index in [1.807, 2.05) is 50.2 Å². The van der Waals surface area contributed by atoms with E-state index in [0.717, 1.165) is 34.3 Å². The number of aryl methyl sites for hydroxylation is 2. The van der Waals surface area contributed by atoms with Crippen molar-refractivity contribution in [2.24, 2.45) is 0 Å². The summed E-state index contributed by atoms with van der Waals surface area (Å²) in [4.78, 5) is 33.5. The highest BCUT2D eigenvalue weighted by Crippen LogP contribution is 2.24. The Morgan fingerprint density at radius 1 is 1.04 bits per heavy atom. The normalized spacial score (nSPS) is 14.1. The predicted molar refractivity (Wildman–Crippen MR) is 103 cm³/mol. The van der Waals surface area contributed by atoms with Crippen molar-refractivity contribution in [1.29, 1.82) is 0 Å². The first kappa shape index (κ1) is 17.3. The van der Waals surface area contributed by atoms with Crippen LogP contribution in [0.1, 0.15) is 33.9 Å². The lowest BCUT2D eigenvalue weighted by Crippen LogP contribution is -2.45. The molecule has 0 unspecified atom stereocenters. The van der Waals surface area contributed by atoms with Gasteiger partial charge in [-0.15, -0.1) is 0 Å². The number of amides is 2. The summed E-state index contributed by atoms with van der Waals surface area (Å²) in [6, 6.07) is 13.3. The molecule has 1 saturated heterocycles. The van der Waals surface area contributed by atoms with Crippen molar-refractivity contribution in [3.63, 3.8) is 0 Å². The number of nitrogens with one attached hydrogen (secondary N) is 1. The molecule has 2 amide bonds. The van der Waals surface area contributed by atoms with Gasteiger partial charge in [-0.3, -0.25) is 14.6 Å². The van der Waals surface area contributed by atoms with Crippen molar-refractivity contribution < 1.29 is 9.59 Å². The van der Waals surface area contributed by atoms with Crippen molar-refractivity contribution in [3.8, 4) is 0 Å². The lowest BCUT2D eigenvalue weighted by Gasteiger charge is -2.27. The van der Waals surface area contributed by atoms with E-state index in [2.05, 4.69) is 9.97 Å². The summed E-state index contributed by atoms with van der Waals surface area (Å²) in [5, 5.41) is 4.17. The minimum Gasteiger partial charge on any atom is -0.358 e. The molecule has 6 heteroatoms. The van der Waals surface area contributed by atoms with E-state index in [4.69, 9.17) is 0 Å². The van der Waals surface area contributed by atoms with E-state index in [9.17, 15) is 9.59 Å². The number of hydrazine groups is 1. The van der Waals surface area contributed by atoms with Crippen LogP contribution < -0.4 is 0 Å². The number of aromatic amines is 1. The third-order valence-corrected chi connectivity index (χ3v) is 5.02. The fraction of sp³-hybridized carbons (Fsp3) is 0.286. The van der Waals surface area contributed by atoms with Crippen LogP contribution in [0.4, 0.5) is 0 Å². The molecule has 0 saturated carbocycles. The molecule has 6 nitrogen and oxygen atoms in total. The van der Waals surface area contributed by atoms with Gasteiger partial charge in [-0.1, -0.05) is 24.3 Å². The number of fused-ring (bicyclic) bond motifs is 1. The number of pyridine rings is 1. The van der Waals surface area contributed by atoms with Crippen LogP contribution in [0.3, 0.4) is 0 Å². The van der Waals surface area contributed by atoms with Crippen molar-refractivity contribution in [2.75, 3.05) is 13.1 Å². The Hall–Kier alpha value is -3.15. The summed E-state index contributed by atoms with van der Waals surface area (Å²) >= 11 is 0. The number of nitrogens with zero attached hydrogens (tertiary/aromatic N) is 3. The lowest BCUT2D eigenvalue weighted by atomic mass is 10.1. The number of hydrogen-bond acceptors (Lipinski definition) is 3. The third-order valence-electron chi connectivity index (χ3n) is 5.02. The van der Waals surface area contributed by atoms with Gasteiger partial charge in [0.2, 0.25) is 5.91 Å². The van der Waals surface area contributed by atoms with E-state index in [1.54, 1.807) is 11.1 Å². The first-order chi connectivity index (χ1) is 13.0. The quantitative estimate of drug-likeness (QED) is 0.779. The van der Waals surface area contributed by atoms with Gasteiger partial charge in [0.15, 0.2) is 0 Å². The van der Waals surface area contributed by atoms with Gasteiger partial charge >= 0.3 is 0 Å². The summed E-state index contributed by atoms with van der Waals surface area (Å²) in [5.74, 6) is -0.290. The number of aromatic nitrogens is 2. The average molecular weight is 362 g/mol.